The third-order valence-electron chi connectivity index (χ3n) is 2.88. The van der Waals surface area contributed by atoms with Crippen LogP contribution in [0.1, 0.15) is 32.0 Å². The smallest absolute Gasteiger partial charge is 0.0463 e. The van der Waals surface area contributed by atoms with Crippen molar-refractivity contribution in [1.82, 2.24) is 4.98 Å². The van der Waals surface area contributed by atoms with Crippen molar-refractivity contribution in [1.29, 1.82) is 0 Å². The Kier molecular flexibility index (Phi) is 3.01. The maximum absolute atomic E-state index is 4.46. The fourth-order valence-electron chi connectivity index (χ4n) is 1.84. The third-order valence-corrected chi connectivity index (χ3v) is 2.88. The highest BCUT2D eigenvalue weighted by molar-refractivity contribution is 5.64. The van der Waals surface area contributed by atoms with Gasteiger partial charge in [-0.05, 0) is 30.2 Å². The van der Waals surface area contributed by atoms with Crippen molar-refractivity contribution in [2.45, 2.75) is 33.1 Å². The summed E-state index contributed by atoms with van der Waals surface area (Å²) in [5.41, 5.74) is 5.03. The molecule has 1 aromatic carbocycles. The van der Waals surface area contributed by atoms with Gasteiger partial charge in [0, 0.05) is 17.3 Å². The molecule has 0 saturated carbocycles. The van der Waals surface area contributed by atoms with Gasteiger partial charge in [-0.3, -0.25) is 4.98 Å². The Hall–Kier alpha value is -1.63. The van der Waals surface area contributed by atoms with Gasteiger partial charge in [0.15, 0.2) is 0 Å². The standard InChI is InChI=1S/C16H19N/c1-12-6-5-7-13(10-12)14-8-9-17-15(11-14)16(2,3)4/h5-11H,1-4H3. The summed E-state index contributed by atoms with van der Waals surface area (Å²) in [5.74, 6) is 0. The van der Waals surface area contributed by atoms with Gasteiger partial charge in [0.25, 0.3) is 0 Å². The van der Waals surface area contributed by atoms with Gasteiger partial charge in [-0.2, -0.15) is 0 Å². The lowest BCUT2D eigenvalue weighted by atomic mass is 9.90. The van der Waals surface area contributed by atoms with Crippen molar-refractivity contribution in [2.24, 2.45) is 0 Å². The van der Waals surface area contributed by atoms with E-state index < -0.39 is 0 Å². The van der Waals surface area contributed by atoms with Crippen molar-refractivity contribution in [3.05, 3.63) is 53.9 Å². The number of hydrogen-bond donors (Lipinski definition) is 0. The molecule has 17 heavy (non-hydrogen) atoms. The summed E-state index contributed by atoms with van der Waals surface area (Å²) in [5, 5.41) is 0. The molecule has 1 aromatic heterocycles. The predicted molar refractivity (Wildman–Crippen MR) is 73.1 cm³/mol. The summed E-state index contributed by atoms with van der Waals surface area (Å²) in [4.78, 5) is 4.46. The molecule has 0 spiro atoms. The summed E-state index contributed by atoms with van der Waals surface area (Å²) in [6.45, 7) is 8.69. The highest BCUT2D eigenvalue weighted by Crippen LogP contribution is 2.26. The molecular formula is C16H19N. The number of aromatic nitrogens is 1. The van der Waals surface area contributed by atoms with Crippen molar-refractivity contribution in [2.75, 3.05) is 0 Å². The Morgan fingerprint density at radius 3 is 2.29 bits per heavy atom. The second-order valence-electron chi connectivity index (χ2n) is 5.55. The van der Waals surface area contributed by atoms with Gasteiger partial charge >= 0.3 is 0 Å². The van der Waals surface area contributed by atoms with E-state index in [0.29, 0.717) is 0 Å². The van der Waals surface area contributed by atoms with E-state index in [1.165, 1.54) is 16.7 Å². The van der Waals surface area contributed by atoms with Crippen LogP contribution in [0.3, 0.4) is 0 Å². The van der Waals surface area contributed by atoms with Crippen LogP contribution in [0.2, 0.25) is 0 Å². The van der Waals surface area contributed by atoms with Gasteiger partial charge in [-0.1, -0.05) is 50.6 Å². The molecule has 0 aliphatic rings. The van der Waals surface area contributed by atoms with Crippen molar-refractivity contribution in [3.63, 3.8) is 0 Å². The lowest BCUT2D eigenvalue weighted by Gasteiger charge is -2.18. The molecule has 2 aromatic rings. The zero-order chi connectivity index (χ0) is 12.5. The lowest BCUT2D eigenvalue weighted by molar-refractivity contribution is 0.569. The van der Waals surface area contributed by atoms with Crippen LogP contribution in [0.5, 0.6) is 0 Å². The maximum atomic E-state index is 4.46. The normalized spacial score (nSPS) is 11.5. The van der Waals surface area contributed by atoms with Crippen LogP contribution in [0.15, 0.2) is 42.6 Å². The van der Waals surface area contributed by atoms with E-state index in [2.05, 4.69) is 69.1 Å². The molecule has 1 heteroatoms. The average molecular weight is 225 g/mol. The monoisotopic (exact) mass is 225 g/mol. The molecule has 0 aliphatic carbocycles. The van der Waals surface area contributed by atoms with Crippen LogP contribution < -0.4 is 0 Å². The molecular weight excluding hydrogens is 206 g/mol. The first-order valence-corrected chi connectivity index (χ1v) is 6.00. The molecule has 0 amide bonds. The Balaban J connectivity index is 2.47. The minimum atomic E-state index is 0.0971. The van der Waals surface area contributed by atoms with Crippen LogP contribution in [0.25, 0.3) is 11.1 Å². The fraction of sp³-hybridized carbons (Fsp3) is 0.312. The zero-order valence-electron chi connectivity index (χ0n) is 11.0. The number of pyridine rings is 1. The first-order valence-electron chi connectivity index (χ1n) is 6.00. The molecule has 0 N–H and O–H groups in total. The van der Waals surface area contributed by atoms with E-state index in [0.717, 1.165) is 5.69 Å². The predicted octanol–water partition coefficient (Wildman–Crippen LogP) is 4.35. The third kappa shape index (κ3) is 2.73. The van der Waals surface area contributed by atoms with Gasteiger partial charge in [-0.15, -0.1) is 0 Å². The zero-order valence-corrected chi connectivity index (χ0v) is 11.0. The molecule has 0 atom stereocenters. The van der Waals surface area contributed by atoms with Crippen molar-refractivity contribution < 1.29 is 0 Å². The minimum absolute atomic E-state index is 0.0971. The van der Waals surface area contributed by atoms with E-state index in [-0.39, 0.29) is 5.41 Å². The van der Waals surface area contributed by atoms with Crippen LogP contribution in [0.4, 0.5) is 0 Å². The molecule has 1 heterocycles. The molecule has 0 saturated heterocycles. The summed E-state index contributed by atoms with van der Waals surface area (Å²) in [7, 11) is 0. The average Bonchev–Trinajstić information content (AvgIpc) is 2.28. The van der Waals surface area contributed by atoms with Crippen molar-refractivity contribution >= 4 is 0 Å². The van der Waals surface area contributed by atoms with Crippen LogP contribution >= 0.6 is 0 Å². The Morgan fingerprint density at radius 1 is 0.941 bits per heavy atom. The summed E-state index contributed by atoms with van der Waals surface area (Å²) in [6, 6.07) is 12.8. The molecule has 0 radical (unpaired) electrons. The van der Waals surface area contributed by atoms with Gasteiger partial charge in [-0.25, -0.2) is 0 Å². The van der Waals surface area contributed by atoms with Crippen LogP contribution in [-0.2, 0) is 5.41 Å². The molecule has 0 unspecified atom stereocenters. The molecule has 2 rings (SSSR count). The van der Waals surface area contributed by atoms with E-state index in [1.54, 1.807) is 0 Å². The van der Waals surface area contributed by atoms with E-state index in [4.69, 9.17) is 0 Å². The second-order valence-corrected chi connectivity index (χ2v) is 5.55. The molecule has 0 fully saturated rings. The maximum Gasteiger partial charge on any atom is 0.0463 e. The van der Waals surface area contributed by atoms with E-state index >= 15 is 0 Å². The minimum Gasteiger partial charge on any atom is -0.261 e. The first-order chi connectivity index (χ1) is 7.97. The summed E-state index contributed by atoms with van der Waals surface area (Å²) < 4.78 is 0. The van der Waals surface area contributed by atoms with Gasteiger partial charge in [0.1, 0.15) is 0 Å². The summed E-state index contributed by atoms with van der Waals surface area (Å²) in [6.07, 6.45) is 1.90. The van der Waals surface area contributed by atoms with Crippen LogP contribution in [-0.4, -0.2) is 4.98 Å². The van der Waals surface area contributed by atoms with E-state index in [1.807, 2.05) is 6.20 Å². The molecule has 1 nitrogen and oxygen atoms in total. The van der Waals surface area contributed by atoms with Crippen molar-refractivity contribution in [3.8, 4) is 11.1 Å². The fourth-order valence-corrected chi connectivity index (χ4v) is 1.84. The summed E-state index contributed by atoms with van der Waals surface area (Å²) >= 11 is 0. The molecule has 0 aliphatic heterocycles. The van der Waals surface area contributed by atoms with Gasteiger partial charge in [0.05, 0.1) is 0 Å². The number of rotatable bonds is 1. The highest BCUT2D eigenvalue weighted by atomic mass is 14.7. The largest absolute Gasteiger partial charge is 0.261 e. The number of nitrogens with zero attached hydrogens (tertiary/aromatic N) is 1. The molecule has 88 valence electrons. The lowest BCUT2D eigenvalue weighted by Crippen LogP contribution is -2.13. The van der Waals surface area contributed by atoms with Gasteiger partial charge < -0.3 is 0 Å². The quantitative estimate of drug-likeness (QED) is 0.703. The number of aryl methyl sites for hydroxylation is 1. The number of hydrogen-bond acceptors (Lipinski definition) is 1. The first kappa shape index (κ1) is 11.8. The SMILES string of the molecule is Cc1cccc(-c2ccnc(C(C)(C)C)c2)c1. The van der Waals surface area contributed by atoms with E-state index in [9.17, 15) is 0 Å². The van der Waals surface area contributed by atoms with Gasteiger partial charge in [0.2, 0.25) is 0 Å². The Bertz CT molecular complexity index is 521. The topological polar surface area (TPSA) is 12.9 Å². The highest BCUT2D eigenvalue weighted by Gasteiger charge is 2.15. The second kappa shape index (κ2) is 4.33. The number of benzene rings is 1. The molecule has 0 bridgehead atoms. The van der Waals surface area contributed by atoms with Crippen LogP contribution in [0, 0.1) is 6.92 Å². The Labute approximate surface area is 104 Å². The Morgan fingerprint density at radius 2 is 1.65 bits per heavy atom.